The summed E-state index contributed by atoms with van der Waals surface area (Å²) in [5, 5.41) is 12.2. The van der Waals surface area contributed by atoms with Gasteiger partial charge in [-0.3, -0.25) is 4.79 Å². The van der Waals surface area contributed by atoms with E-state index in [1.54, 1.807) is 6.07 Å². The number of hydrogen-bond acceptors (Lipinski definition) is 3. The Kier molecular flexibility index (Phi) is 3.94. The molecule has 0 spiro atoms. The van der Waals surface area contributed by atoms with E-state index in [9.17, 15) is 14.7 Å². The second-order valence-corrected chi connectivity index (χ2v) is 6.72. The standard InChI is InChI=1S/C14H19NO3S/c1-9-5-7-14(8-6-9,13(17)18)15-12(16)11-4-3-10(2)19-11/h3-4,9H,5-8H2,1-2H3,(H,15,16)(H,17,18). The summed E-state index contributed by atoms with van der Waals surface area (Å²) in [5.74, 6) is -0.649. The van der Waals surface area contributed by atoms with Gasteiger partial charge in [-0.05, 0) is 50.7 Å². The molecule has 1 aliphatic carbocycles. The Morgan fingerprint density at radius 1 is 1.37 bits per heavy atom. The maximum absolute atomic E-state index is 12.2. The fourth-order valence-corrected chi connectivity index (χ4v) is 3.25. The number of carbonyl (C=O) groups is 2. The minimum Gasteiger partial charge on any atom is -0.480 e. The molecule has 1 heterocycles. The van der Waals surface area contributed by atoms with Crippen molar-refractivity contribution in [3.05, 3.63) is 21.9 Å². The highest BCUT2D eigenvalue weighted by Gasteiger charge is 2.42. The van der Waals surface area contributed by atoms with Crippen molar-refractivity contribution in [3.63, 3.8) is 0 Å². The van der Waals surface area contributed by atoms with Gasteiger partial charge in [-0.15, -0.1) is 11.3 Å². The Hall–Kier alpha value is -1.36. The van der Waals surface area contributed by atoms with Crippen molar-refractivity contribution in [3.8, 4) is 0 Å². The van der Waals surface area contributed by atoms with E-state index in [1.165, 1.54) is 11.3 Å². The number of aryl methyl sites for hydroxylation is 1. The van der Waals surface area contributed by atoms with Crippen LogP contribution in [-0.4, -0.2) is 22.5 Å². The summed E-state index contributed by atoms with van der Waals surface area (Å²) in [5.41, 5.74) is -1.08. The normalized spacial score (nSPS) is 26.9. The van der Waals surface area contributed by atoms with Crippen LogP contribution < -0.4 is 5.32 Å². The van der Waals surface area contributed by atoms with Gasteiger partial charge in [0.25, 0.3) is 5.91 Å². The fourth-order valence-electron chi connectivity index (χ4n) is 2.48. The van der Waals surface area contributed by atoms with Gasteiger partial charge in [-0.2, -0.15) is 0 Å². The lowest BCUT2D eigenvalue weighted by Crippen LogP contribution is -2.56. The average Bonchev–Trinajstić information content (AvgIpc) is 2.79. The lowest BCUT2D eigenvalue weighted by atomic mass is 9.77. The lowest BCUT2D eigenvalue weighted by Gasteiger charge is -2.36. The summed E-state index contributed by atoms with van der Waals surface area (Å²) in [6.07, 6.45) is 2.71. The van der Waals surface area contributed by atoms with E-state index in [-0.39, 0.29) is 5.91 Å². The Morgan fingerprint density at radius 3 is 2.47 bits per heavy atom. The van der Waals surface area contributed by atoms with Crippen LogP contribution in [0.4, 0.5) is 0 Å². The van der Waals surface area contributed by atoms with Gasteiger partial charge in [0.05, 0.1) is 4.88 Å². The predicted octanol–water partition coefficient (Wildman–Crippen LogP) is 2.82. The van der Waals surface area contributed by atoms with Crippen molar-refractivity contribution in [2.45, 2.75) is 45.1 Å². The number of hydrogen-bond donors (Lipinski definition) is 2. The Balaban J connectivity index is 2.13. The highest BCUT2D eigenvalue weighted by atomic mass is 32.1. The number of rotatable bonds is 3. The van der Waals surface area contributed by atoms with Gasteiger partial charge in [0, 0.05) is 4.88 Å². The van der Waals surface area contributed by atoms with Crippen LogP contribution in [0.5, 0.6) is 0 Å². The number of carbonyl (C=O) groups excluding carboxylic acids is 1. The molecule has 0 unspecified atom stereocenters. The van der Waals surface area contributed by atoms with Crippen LogP contribution in [-0.2, 0) is 4.79 Å². The van der Waals surface area contributed by atoms with Gasteiger partial charge in [-0.1, -0.05) is 6.92 Å². The van der Waals surface area contributed by atoms with Crippen molar-refractivity contribution in [1.29, 1.82) is 0 Å². The summed E-state index contributed by atoms with van der Waals surface area (Å²) in [4.78, 5) is 25.3. The third-order valence-electron chi connectivity index (χ3n) is 3.85. The van der Waals surface area contributed by atoms with E-state index in [0.29, 0.717) is 23.6 Å². The quantitative estimate of drug-likeness (QED) is 0.895. The Morgan fingerprint density at radius 2 is 2.00 bits per heavy atom. The van der Waals surface area contributed by atoms with E-state index < -0.39 is 11.5 Å². The topological polar surface area (TPSA) is 66.4 Å². The first-order valence-corrected chi connectivity index (χ1v) is 7.37. The number of thiophene rings is 1. The largest absolute Gasteiger partial charge is 0.480 e. The molecule has 0 bridgehead atoms. The van der Waals surface area contributed by atoms with E-state index in [2.05, 4.69) is 12.2 Å². The van der Waals surface area contributed by atoms with Crippen LogP contribution in [0.15, 0.2) is 12.1 Å². The van der Waals surface area contributed by atoms with Gasteiger partial charge in [0.2, 0.25) is 0 Å². The molecular weight excluding hydrogens is 262 g/mol. The molecule has 0 saturated heterocycles. The molecule has 4 nitrogen and oxygen atoms in total. The number of carboxylic acids is 1. The van der Waals surface area contributed by atoms with Gasteiger partial charge < -0.3 is 10.4 Å². The molecule has 1 aliphatic rings. The third-order valence-corrected chi connectivity index (χ3v) is 4.85. The summed E-state index contributed by atoms with van der Waals surface area (Å²) < 4.78 is 0. The van der Waals surface area contributed by atoms with Crippen molar-refractivity contribution in [2.24, 2.45) is 5.92 Å². The summed E-state index contributed by atoms with van der Waals surface area (Å²) in [6.45, 7) is 4.05. The van der Waals surface area contributed by atoms with Crippen molar-refractivity contribution in [2.75, 3.05) is 0 Å². The number of nitrogens with one attached hydrogen (secondary N) is 1. The van der Waals surface area contributed by atoms with Crippen LogP contribution in [0.2, 0.25) is 0 Å². The lowest BCUT2D eigenvalue weighted by molar-refractivity contribution is -0.146. The highest BCUT2D eigenvalue weighted by Crippen LogP contribution is 2.32. The van der Waals surface area contributed by atoms with E-state index >= 15 is 0 Å². The fraction of sp³-hybridized carbons (Fsp3) is 0.571. The van der Waals surface area contributed by atoms with E-state index in [1.807, 2.05) is 13.0 Å². The molecule has 19 heavy (non-hydrogen) atoms. The molecule has 1 aromatic rings. The maximum Gasteiger partial charge on any atom is 0.329 e. The predicted molar refractivity (Wildman–Crippen MR) is 74.5 cm³/mol. The van der Waals surface area contributed by atoms with Crippen LogP contribution in [0, 0.1) is 12.8 Å². The van der Waals surface area contributed by atoms with Crippen molar-refractivity contribution >= 4 is 23.2 Å². The number of carboxylic acid groups (broad SMARTS) is 1. The molecule has 0 atom stereocenters. The smallest absolute Gasteiger partial charge is 0.329 e. The minimum absolute atomic E-state index is 0.268. The van der Waals surface area contributed by atoms with E-state index in [0.717, 1.165) is 17.7 Å². The Labute approximate surface area is 116 Å². The maximum atomic E-state index is 12.2. The van der Waals surface area contributed by atoms with Gasteiger partial charge >= 0.3 is 5.97 Å². The van der Waals surface area contributed by atoms with E-state index in [4.69, 9.17) is 0 Å². The minimum atomic E-state index is -1.08. The summed E-state index contributed by atoms with van der Waals surface area (Å²) >= 11 is 1.39. The van der Waals surface area contributed by atoms with Crippen LogP contribution >= 0.6 is 11.3 Å². The average molecular weight is 281 g/mol. The van der Waals surface area contributed by atoms with Gasteiger partial charge in [-0.25, -0.2) is 4.79 Å². The molecule has 1 aromatic heterocycles. The molecule has 0 aliphatic heterocycles. The molecule has 0 radical (unpaired) electrons. The zero-order valence-corrected chi connectivity index (χ0v) is 12.0. The summed E-state index contributed by atoms with van der Waals surface area (Å²) in [6, 6.07) is 3.62. The zero-order chi connectivity index (χ0) is 14.0. The number of aliphatic carboxylic acids is 1. The molecular formula is C14H19NO3S. The van der Waals surface area contributed by atoms with Gasteiger partial charge in [0.1, 0.15) is 5.54 Å². The first-order chi connectivity index (χ1) is 8.93. The first-order valence-electron chi connectivity index (χ1n) is 6.55. The highest BCUT2D eigenvalue weighted by molar-refractivity contribution is 7.13. The zero-order valence-electron chi connectivity index (χ0n) is 11.2. The number of amides is 1. The Bertz CT molecular complexity index is 487. The molecule has 2 rings (SSSR count). The molecule has 2 N–H and O–H groups in total. The SMILES string of the molecule is Cc1ccc(C(=O)NC2(C(=O)O)CCC(C)CC2)s1. The monoisotopic (exact) mass is 281 g/mol. The second kappa shape index (κ2) is 5.33. The molecule has 104 valence electrons. The molecule has 1 fully saturated rings. The molecule has 1 saturated carbocycles. The summed E-state index contributed by atoms with van der Waals surface area (Å²) in [7, 11) is 0. The van der Waals surface area contributed by atoms with Crippen LogP contribution in [0.1, 0.15) is 47.2 Å². The third kappa shape index (κ3) is 2.97. The van der Waals surface area contributed by atoms with Gasteiger partial charge in [0.15, 0.2) is 0 Å². The first kappa shape index (κ1) is 14.1. The van der Waals surface area contributed by atoms with Crippen molar-refractivity contribution in [1.82, 2.24) is 5.32 Å². The molecule has 1 amide bonds. The molecule has 5 heteroatoms. The second-order valence-electron chi connectivity index (χ2n) is 5.43. The van der Waals surface area contributed by atoms with Crippen molar-refractivity contribution < 1.29 is 14.7 Å². The molecule has 0 aromatic carbocycles. The van der Waals surface area contributed by atoms with Crippen LogP contribution in [0.3, 0.4) is 0 Å². The van der Waals surface area contributed by atoms with Crippen LogP contribution in [0.25, 0.3) is 0 Å².